The standard InChI is InChI=1S/C11H17B/c1-11(2,3)9-7-5-6-8-10(9)12-4/h5-8,12H,1-4H3. The molecule has 64 valence electrons. The summed E-state index contributed by atoms with van der Waals surface area (Å²) in [4.78, 5) is 0. The summed E-state index contributed by atoms with van der Waals surface area (Å²) in [6.45, 7) is 9.01. The molecule has 0 saturated carbocycles. The fraction of sp³-hybridized carbons (Fsp3) is 0.455. The minimum Gasteiger partial charge on any atom is -0.0849 e. The van der Waals surface area contributed by atoms with Gasteiger partial charge in [-0.2, -0.15) is 0 Å². The lowest BCUT2D eigenvalue weighted by atomic mass is 9.66. The van der Waals surface area contributed by atoms with E-state index in [4.69, 9.17) is 0 Å². The van der Waals surface area contributed by atoms with Crippen LogP contribution < -0.4 is 5.46 Å². The highest BCUT2D eigenvalue weighted by molar-refractivity contribution is 6.52. The van der Waals surface area contributed by atoms with Crippen LogP contribution in [0.4, 0.5) is 0 Å². The van der Waals surface area contributed by atoms with Gasteiger partial charge < -0.3 is 0 Å². The zero-order valence-corrected chi connectivity index (χ0v) is 8.52. The van der Waals surface area contributed by atoms with Crippen LogP contribution in [0.1, 0.15) is 26.3 Å². The van der Waals surface area contributed by atoms with Gasteiger partial charge in [-0.15, -0.1) is 0 Å². The average molecular weight is 160 g/mol. The molecule has 0 aliphatic heterocycles. The molecule has 0 nitrogen and oxygen atoms in total. The van der Waals surface area contributed by atoms with Crippen LogP contribution in [-0.4, -0.2) is 7.28 Å². The van der Waals surface area contributed by atoms with Crippen LogP contribution in [0.3, 0.4) is 0 Å². The van der Waals surface area contributed by atoms with Gasteiger partial charge in [0.15, 0.2) is 7.28 Å². The first kappa shape index (κ1) is 9.37. The van der Waals surface area contributed by atoms with E-state index in [1.165, 1.54) is 11.0 Å². The molecule has 0 bridgehead atoms. The Hall–Kier alpha value is -0.715. The molecule has 1 rings (SSSR count). The molecular weight excluding hydrogens is 143 g/mol. The van der Waals surface area contributed by atoms with E-state index in [1.54, 1.807) is 0 Å². The number of rotatable bonds is 1. The Balaban J connectivity index is 3.14. The van der Waals surface area contributed by atoms with Gasteiger partial charge >= 0.3 is 0 Å². The highest BCUT2D eigenvalue weighted by Crippen LogP contribution is 2.19. The predicted molar refractivity (Wildman–Crippen MR) is 57.8 cm³/mol. The molecule has 0 unspecified atom stereocenters. The van der Waals surface area contributed by atoms with Crippen molar-refractivity contribution in [1.82, 2.24) is 0 Å². The van der Waals surface area contributed by atoms with Gasteiger partial charge in [0.05, 0.1) is 0 Å². The Bertz CT molecular complexity index is 258. The molecular formula is C11H17B. The molecule has 0 heterocycles. The Morgan fingerprint density at radius 2 is 1.67 bits per heavy atom. The molecule has 0 radical (unpaired) electrons. The second-order valence-electron chi connectivity index (χ2n) is 4.26. The van der Waals surface area contributed by atoms with Gasteiger partial charge in [-0.3, -0.25) is 0 Å². The van der Waals surface area contributed by atoms with Crippen LogP contribution in [0.25, 0.3) is 0 Å². The summed E-state index contributed by atoms with van der Waals surface area (Å²) >= 11 is 0. The molecule has 0 fully saturated rings. The Morgan fingerprint density at radius 3 is 2.08 bits per heavy atom. The molecule has 0 spiro atoms. The van der Waals surface area contributed by atoms with Gasteiger partial charge in [0, 0.05) is 0 Å². The highest BCUT2D eigenvalue weighted by atomic mass is 14.2. The fourth-order valence-corrected chi connectivity index (χ4v) is 1.56. The third kappa shape index (κ3) is 1.91. The normalized spacial score (nSPS) is 11.3. The second-order valence-corrected chi connectivity index (χ2v) is 4.26. The van der Waals surface area contributed by atoms with Gasteiger partial charge in [0.25, 0.3) is 0 Å². The summed E-state index contributed by atoms with van der Waals surface area (Å²) in [6.07, 6.45) is 0. The van der Waals surface area contributed by atoms with Gasteiger partial charge in [-0.05, 0) is 11.0 Å². The minimum absolute atomic E-state index is 0.284. The first-order valence-corrected chi connectivity index (χ1v) is 4.64. The van der Waals surface area contributed by atoms with Gasteiger partial charge in [0.1, 0.15) is 0 Å². The van der Waals surface area contributed by atoms with E-state index in [0.29, 0.717) is 0 Å². The maximum absolute atomic E-state index is 2.27. The quantitative estimate of drug-likeness (QED) is 0.552. The maximum atomic E-state index is 2.27. The first-order chi connectivity index (χ1) is 5.55. The summed E-state index contributed by atoms with van der Waals surface area (Å²) in [7, 11) is 1.13. The third-order valence-corrected chi connectivity index (χ3v) is 2.21. The monoisotopic (exact) mass is 160 g/mol. The first-order valence-electron chi connectivity index (χ1n) is 4.64. The molecule has 0 saturated heterocycles. The summed E-state index contributed by atoms with van der Waals surface area (Å²) in [6, 6.07) is 8.70. The minimum atomic E-state index is 0.284. The number of benzene rings is 1. The van der Waals surface area contributed by atoms with Crippen molar-refractivity contribution < 1.29 is 0 Å². The Morgan fingerprint density at radius 1 is 1.08 bits per heavy atom. The number of hydrogen-bond acceptors (Lipinski definition) is 0. The van der Waals surface area contributed by atoms with Crippen molar-refractivity contribution in [2.24, 2.45) is 0 Å². The maximum Gasteiger partial charge on any atom is 0.154 e. The van der Waals surface area contributed by atoms with E-state index < -0.39 is 0 Å². The molecule has 1 heteroatoms. The van der Waals surface area contributed by atoms with Crippen molar-refractivity contribution in [1.29, 1.82) is 0 Å². The molecule has 0 N–H and O–H groups in total. The van der Waals surface area contributed by atoms with Crippen molar-refractivity contribution in [2.75, 3.05) is 0 Å². The number of hydrogen-bond donors (Lipinski definition) is 0. The van der Waals surface area contributed by atoms with E-state index in [9.17, 15) is 0 Å². The Labute approximate surface area is 76.2 Å². The SMILES string of the molecule is CBc1ccccc1C(C)(C)C. The van der Waals surface area contributed by atoms with Gasteiger partial charge in [-0.25, -0.2) is 0 Å². The van der Waals surface area contributed by atoms with E-state index in [0.717, 1.165) is 7.28 Å². The predicted octanol–water partition coefficient (Wildman–Crippen LogP) is 2.09. The van der Waals surface area contributed by atoms with E-state index in [2.05, 4.69) is 51.9 Å². The summed E-state index contributed by atoms with van der Waals surface area (Å²) < 4.78 is 0. The zero-order valence-electron chi connectivity index (χ0n) is 8.52. The second kappa shape index (κ2) is 3.34. The summed E-state index contributed by atoms with van der Waals surface area (Å²) in [5, 5.41) is 0. The Kier molecular flexibility index (Phi) is 2.61. The lowest BCUT2D eigenvalue weighted by molar-refractivity contribution is 0.594. The van der Waals surface area contributed by atoms with Gasteiger partial charge in [0.2, 0.25) is 0 Å². The molecule has 1 aromatic rings. The van der Waals surface area contributed by atoms with Crippen LogP contribution in [0.15, 0.2) is 24.3 Å². The van der Waals surface area contributed by atoms with E-state index in [1.807, 2.05) is 0 Å². The van der Waals surface area contributed by atoms with Crippen LogP contribution in [0.2, 0.25) is 6.82 Å². The smallest absolute Gasteiger partial charge is 0.0849 e. The lowest BCUT2D eigenvalue weighted by Gasteiger charge is -2.22. The van der Waals surface area contributed by atoms with Crippen molar-refractivity contribution in [2.45, 2.75) is 33.0 Å². The van der Waals surface area contributed by atoms with E-state index in [-0.39, 0.29) is 5.41 Å². The highest BCUT2D eigenvalue weighted by Gasteiger charge is 2.15. The topological polar surface area (TPSA) is 0 Å². The van der Waals surface area contributed by atoms with Crippen LogP contribution >= 0.6 is 0 Å². The van der Waals surface area contributed by atoms with Gasteiger partial charge in [-0.1, -0.05) is 57.3 Å². The summed E-state index contributed by atoms with van der Waals surface area (Å²) in [5.41, 5.74) is 3.24. The average Bonchev–Trinajstić information content (AvgIpc) is 2.03. The van der Waals surface area contributed by atoms with Crippen molar-refractivity contribution in [3.8, 4) is 0 Å². The zero-order chi connectivity index (χ0) is 9.19. The van der Waals surface area contributed by atoms with Crippen LogP contribution in [0.5, 0.6) is 0 Å². The molecule has 12 heavy (non-hydrogen) atoms. The largest absolute Gasteiger partial charge is 0.154 e. The molecule has 0 aliphatic rings. The molecule has 0 amide bonds. The molecule has 1 aromatic carbocycles. The fourth-order valence-electron chi connectivity index (χ4n) is 1.56. The lowest BCUT2D eigenvalue weighted by Crippen LogP contribution is -2.25. The van der Waals surface area contributed by atoms with E-state index >= 15 is 0 Å². The summed E-state index contributed by atoms with van der Waals surface area (Å²) in [5.74, 6) is 0. The van der Waals surface area contributed by atoms with Crippen LogP contribution in [-0.2, 0) is 5.41 Å². The van der Waals surface area contributed by atoms with Crippen molar-refractivity contribution in [3.63, 3.8) is 0 Å². The molecule has 0 atom stereocenters. The third-order valence-electron chi connectivity index (χ3n) is 2.21. The van der Waals surface area contributed by atoms with Crippen molar-refractivity contribution in [3.05, 3.63) is 29.8 Å². The molecule has 0 aliphatic carbocycles. The molecule has 0 aromatic heterocycles. The van der Waals surface area contributed by atoms with Crippen LogP contribution in [0, 0.1) is 0 Å². The van der Waals surface area contributed by atoms with Crippen molar-refractivity contribution >= 4 is 12.7 Å².